The number of phenols is 4. The average Bonchev–Trinajstić information content (AvgIpc) is 2.63. The maximum atomic E-state index is 9.48. The lowest BCUT2D eigenvalue weighted by Gasteiger charge is -2.11. The zero-order valence-corrected chi connectivity index (χ0v) is 15.6. The van der Waals surface area contributed by atoms with E-state index in [4.69, 9.17) is 18.9 Å². The Labute approximate surface area is 151 Å². The number of aryl methyl sites for hydroxylation is 2. The summed E-state index contributed by atoms with van der Waals surface area (Å²) in [6.07, 6.45) is 0. The van der Waals surface area contributed by atoms with Crippen LogP contribution in [-0.2, 0) is 0 Å². The average molecular weight is 368 g/mol. The van der Waals surface area contributed by atoms with E-state index in [-0.39, 0.29) is 46.0 Å². The van der Waals surface area contributed by atoms with Crippen LogP contribution < -0.4 is 18.9 Å². The van der Waals surface area contributed by atoms with Crippen LogP contribution in [0.15, 0.2) is 12.1 Å². The molecule has 144 valence electrons. The Morgan fingerprint density at radius 3 is 1.08 bits per heavy atom. The molecule has 0 aliphatic carbocycles. The fourth-order valence-corrected chi connectivity index (χ4v) is 2.17. The summed E-state index contributed by atoms with van der Waals surface area (Å²) in [7, 11) is 5.61. The molecule has 26 heavy (non-hydrogen) atoms. The first-order chi connectivity index (χ1) is 12.2. The van der Waals surface area contributed by atoms with E-state index in [2.05, 4.69) is 0 Å². The highest BCUT2D eigenvalue weighted by atomic mass is 16.5. The summed E-state index contributed by atoms with van der Waals surface area (Å²) in [5, 5.41) is 37.9. The lowest BCUT2D eigenvalue weighted by molar-refractivity contribution is 0.321. The van der Waals surface area contributed by atoms with E-state index in [9.17, 15) is 20.4 Å². The van der Waals surface area contributed by atoms with Crippen molar-refractivity contribution >= 4 is 0 Å². The first-order valence-electron chi connectivity index (χ1n) is 7.50. The van der Waals surface area contributed by atoms with Crippen molar-refractivity contribution in [3.8, 4) is 46.0 Å². The molecule has 0 saturated heterocycles. The number of methoxy groups -OCH3 is 4. The molecule has 0 unspecified atom stereocenters. The van der Waals surface area contributed by atoms with Crippen LogP contribution in [0.1, 0.15) is 11.1 Å². The number of hydrogen-bond acceptors (Lipinski definition) is 8. The standard InChI is InChI=1S/2C9H12O4/c2*1-5-4-6(12-2)8(11)9(13-3)7(5)10/h2*4,10-11H,1-3H3. The van der Waals surface area contributed by atoms with Crippen molar-refractivity contribution < 1.29 is 39.4 Å². The van der Waals surface area contributed by atoms with E-state index >= 15 is 0 Å². The van der Waals surface area contributed by atoms with Crippen molar-refractivity contribution in [2.24, 2.45) is 0 Å². The van der Waals surface area contributed by atoms with E-state index in [1.165, 1.54) is 40.6 Å². The predicted octanol–water partition coefficient (Wildman–Crippen LogP) is 2.85. The van der Waals surface area contributed by atoms with Crippen LogP contribution >= 0.6 is 0 Å². The molecule has 0 heterocycles. The molecule has 2 rings (SSSR count). The molecule has 0 fully saturated rings. The molecule has 8 nitrogen and oxygen atoms in total. The Kier molecular flexibility index (Phi) is 7.06. The van der Waals surface area contributed by atoms with Crippen molar-refractivity contribution in [1.82, 2.24) is 0 Å². The van der Waals surface area contributed by atoms with Gasteiger partial charge in [0.05, 0.1) is 28.4 Å². The highest BCUT2D eigenvalue weighted by molar-refractivity contribution is 5.61. The Morgan fingerprint density at radius 1 is 0.538 bits per heavy atom. The molecular formula is C18H24O8. The molecule has 0 saturated carbocycles. The fraction of sp³-hybridized carbons (Fsp3) is 0.333. The zero-order chi connectivity index (χ0) is 20.0. The van der Waals surface area contributed by atoms with E-state index in [0.29, 0.717) is 11.1 Å². The summed E-state index contributed by atoms with van der Waals surface area (Å²) in [4.78, 5) is 0. The maximum Gasteiger partial charge on any atom is 0.207 e. The monoisotopic (exact) mass is 368 g/mol. The molecule has 8 heteroatoms. The quantitative estimate of drug-likeness (QED) is 0.651. The van der Waals surface area contributed by atoms with E-state index in [1.54, 1.807) is 13.8 Å². The number of rotatable bonds is 4. The van der Waals surface area contributed by atoms with Crippen LogP contribution in [0.2, 0.25) is 0 Å². The summed E-state index contributed by atoms with van der Waals surface area (Å²) in [5.74, 6) is 0.135. The van der Waals surface area contributed by atoms with Crippen molar-refractivity contribution in [3.05, 3.63) is 23.3 Å². The normalized spacial score (nSPS) is 9.77. The van der Waals surface area contributed by atoms with Gasteiger partial charge in [0.15, 0.2) is 23.0 Å². The van der Waals surface area contributed by atoms with Crippen molar-refractivity contribution in [1.29, 1.82) is 0 Å². The predicted molar refractivity (Wildman–Crippen MR) is 95.2 cm³/mol. The Hall–Kier alpha value is -3.16. The third-order valence-electron chi connectivity index (χ3n) is 3.62. The molecule has 0 aliphatic rings. The van der Waals surface area contributed by atoms with Crippen LogP contribution in [-0.4, -0.2) is 48.9 Å². The summed E-state index contributed by atoms with van der Waals surface area (Å²) < 4.78 is 19.4. The second-order valence-corrected chi connectivity index (χ2v) is 5.25. The minimum atomic E-state index is -0.187. The Balaban J connectivity index is 0.000000260. The van der Waals surface area contributed by atoms with E-state index in [1.807, 2.05) is 0 Å². The van der Waals surface area contributed by atoms with Crippen molar-refractivity contribution in [2.75, 3.05) is 28.4 Å². The van der Waals surface area contributed by atoms with Gasteiger partial charge in [0.1, 0.15) is 0 Å². The number of hydrogen-bond donors (Lipinski definition) is 4. The molecule has 0 bridgehead atoms. The highest BCUT2D eigenvalue weighted by Gasteiger charge is 2.16. The number of ether oxygens (including phenoxy) is 4. The minimum Gasteiger partial charge on any atom is -0.504 e. The molecular weight excluding hydrogens is 344 g/mol. The maximum absolute atomic E-state index is 9.48. The van der Waals surface area contributed by atoms with Crippen LogP contribution in [0.5, 0.6) is 46.0 Å². The van der Waals surface area contributed by atoms with Gasteiger partial charge in [-0.25, -0.2) is 0 Å². The van der Waals surface area contributed by atoms with Gasteiger partial charge in [0, 0.05) is 0 Å². The molecule has 0 aliphatic heterocycles. The summed E-state index contributed by atoms with van der Waals surface area (Å²) in [5.41, 5.74) is 1.18. The zero-order valence-electron chi connectivity index (χ0n) is 15.6. The van der Waals surface area contributed by atoms with Gasteiger partial charge < -0.3 is 39.4 Å². The first-order valence-corrected chi connectivity index (χ1v) is 7.50. The van der Waals surface area contributed by atoms with Gasteiger partial charge in [-0.15, -0.1) is 0 Å². The summed E-state index contributed by atoms with van der Waals surface area (Å²) in [6.45, 7) is 3.39. The van der Waals surface area contributed by atoms with E-state index < -0.39 is 0 Å². The molecule has 0 amide bonds. The molecule has 0 spiro atoms. The van der Waals surface area contributed by atoms with Crippen LogP contribution in [0.25, 0.3) is 0 Å². The highest BCUT2D eigenvalue weighted by Crippen LogP contribution is 2.45. The lowest BCUT2D eigenvalue weighted by Crippen LogP contribution is -1.91. The van der Waals surface area contributed by atoms with Gasteiger partial charge in [-0.2, -0.15) is 0 Å². The first kappa shape index (κ1) is 20.9. The number of benzene rings is 2. The van der Waals surface area contributed by atoms with E-state index in [0.717, 1.165) is 0 Å². The fourth-order valence-electron chi connectivity index (χ4n) is 2.17. The molecule has 0 atom stereocenters. The Bertz CT molecular complexity index is 705. The summed E-state index contributed by atoms with van der Waals surface area (Å²) in [6, 6.07) is 3.07. The third-order valence-corrected chi connectivity index (χ3v) is 3.62. The lowest BCUT2D eigenvalue weighted by atomic mass is 10.2. The van der Waals surface area contributed by atoms with Gasteiger partial charge in [-0.3, -0.25) is 0 Å². The molecule has 0 radical (unpaired) electrons. The molecule has 4 N–H and O–H groups in total. The van der Waals surface area contributed by atoms with Gasteiger partial charge in [-0.1, -0.05) is 0 Å². The second-order valence-electron chi connectivity index (χ2n) is 5.25. The second kappa shape index (κ2) is 8.80. The smallest absolute Gasteiger partial charge is 0.207 e. The molecule has 0 aromatic heterocycles. The molecule has 2 aromatic rings. The number of phenolic OH excluding ortho intramolecular Hbond substituents is 4. The minimum absolute atomic E-state index is 0.0388. The van der Waals surface area contributed by atoms with Gasteiger partial charge in [-0.05, 0) is 37.1 Å². The van der Waals surface area contributed by atoms with Gasteiger partial charge in [0.2, 0.25) is 23.0 Å². The topological polar surface area (TPSA) is 118 Å². The van der Waals surface area contributed by atoms with Crippen molar-refractivity contribution in [3.63, 3.8) is 0 Å². The van der Waals surface area contributed by atoms with Gasteiger partial charge >= 0.3 is 0 Å². The Morgan fingerprint density at radius 2 is 0.846 bits per heavy atom. The largest absolute Gasteiger partial charge is 0.504 e. The van der Waals surface area contributed by atoms with Crippen molar-refractivity contribution in [2.45, 2.75) is 13.8 Å². The van der Waals surface area contributed by atoms with Crippen LogP contribution in [0, 0.1) is 13.8 Å². The van der Waals surface area contributed by atoms with Gasteiger partial charge in [0.25, 0.3) is 0 Å². The number of aromatic hydroxyl groups is 4. The third kappa shape index (κ3) is 4.08. The SMILES string of the molecule is COc1cc(C)c(O)c(OC)c1O.COc1cc(C)c(O)c(OC)c1O. The van der Waals surface area contributed by atoms with Crippen LogP contribution in [0.3, 0.4) is 0 Å². The van der Waals surface area contributed by atoms with Crippen LogP contribution in [0.4, 0.5) is 0 Å². The molecule has 2 aromatic carbocycles. The summed E-state index contributed by atoms with van der Waals surface area (Å²) >= 11 is 0.